The summed E-state index contributed by atoms with van der Waals surface area (Å²) in [5.74, 6) is 2.43. The molecule has 0 amide bonds. The van der Waals surface area contributed by atoms with E-state index in [4.69, 9.17) is 0 Å². The lowest BCUT2D eigenvalue weighted by Gasteiger charge is -2.53. The van der Waals surface area contributed by atoms with Gasteiger partial charge in [0.1, 0.15) is 5.75 Å². The molecule has 120 valence electrons. The molecule has 0 heterocycles. The fourth-order valence-electron chi connectivity index (χ4n) is 6.26. The van der Waals surface area contributed by atoms with E-state index in [0.29, 0.717) is 17.6 Å². The topological polar surface area (TPSA) is 40.5 Å². The third-order valence-electron chi connectivity index (χ3n) is 7.62. The largest absolute Gasteiger partial charge is 0.508 e. The molecule has 0 aliphatic heterocycles. The van der Waals surface area contributed by atoms with Gasteiger partial charge in [-0.3, -0.25) is 0 Å². The molecule has 3 aliphatic carbocycles. The van der Waals surface area contributed by atoms with Gasteiger partial charge in [0.25, 0.3) is 0 Å². The Hall–Kier alpha value is -1.02. The molecule has 2 saturated carbocycles. The molecule has 0 aromatic heterocycles. The van der Waals surface area contributed by atoms with Crippen molar-refractivity contribution in [2.75, 3.05) is 0 Å². The highest BCUT2D eigenvalue weighted by atomic mass is 16.3. The van der Waals surface area contributed by atoms with Crippen molar-refractivity contribution in [3.8, 4) is 5.75 Å². The first-order chi connectivity index (χ1) is 10.5. The summed E-state index contributed by atoms with van der Waals surface area (Å²) in [6.07, 6.45) is 7.71. The van der Waals surface area contributed by atoms with Crippen LogP contribution in [0, 0.1) is 17.3 Å². The van der Waals surface area contributed by atoms with Crippen molar-refractivity contribution in [2.24, 2.45) is 17.3 Å². The van der Waals surface area contributed by atoms with Gasteiger partial charge in [0.15, 0.2) is 0 Å². The summed E-state index contributed by atoms with van der Waals surface area (Å²) >= 11 is 0. The highest BCUT2D eigenvalue weighted by Gasteiger charge is 2.60. The zero-order chi connectivity index (χ0) is 15.5. The minimum absolute atomic E-state index is 0.108. The van der Waals surface area contributed by atoms with Crippen molar-refractivity contribution in [3.05, 3.63) is 29.3 Å². The van der Waals surface area contributed by atoms with Crippen LogP contribution in [-0.2, 0) is 6.42 Å². The first-order valence-corrected chi connectivity index (χ1v) is 9.03. The van der Waals surface area contributed by atoms with Crippen LogP contribution in [0.25, 0.3) is 0 Å². The van der Waals surface area contributed by atoms with E-state index in [1.54, 1.807) is 0 Å². The van der Waals surface area contributed by atoms with Crippen LogP contribution in [0.1, 0.15) is 69.4 Å². The van der Waals surface area contributed by atoms with E-state index < -0.39 is 5.60 Å². The number of aliphatic hydroxyl groups is 1. The van der Waals surface area contributed by atoms with E-state index >= 15 is 0 Å². The van der Waals surface area contributed by atoms with Crippen LogP contribution in [0.5, 0.6) is 5.75 Å². The molecule has 0 saturated heterocycles. The zero-order valence-electron chi connectivity index (χ0n) is 13.8. The first-order valence-electron chi connectivity index (χ1n) is 9.03. The average molecular weight is 300 g/mol. The Balaban J connectivity index is 1.70. The summed E-state index contributed by atoms with van der Waals surface area (Å²) < 4.78 is 0. The Morgan fingerprint density at radius 2 is 2.00 bits per heavy atom. The summed E-state index contributed by atoms with van der Waals surface area (Å²) in [4.78, 5) is 0. The highest BCUT2D eigenvalue weighted by Crippen LogP contribution is 2.64. The second-order valence-corrected chi connectivity index (χ2v) is 8.18. The molecule has 0 bridgehead atoms. The van der Waals surface area contributed by atoms with Gasteiger partial charge in [-0.25, -0.2) is 0 Å². The zero-order valence-corrected chi connectivity index (χ0v) is 13.8. The highest BCUT2D eigenvalue weighted by molar-refractivity contribution is 5.40. The van der Waals surface area contributed by atoms with Crippen molar-refractivity contribution in [1.82, 2.24) is 0 Å². The summed E-state index contributed by atoms with van der Waals surface area (Å²) in [6, 6.07) is 5.98. The molecule has 1 aromatic carbocycles. The molecule has 2 fully saturated rings. The van der Waals surface area contributed by atoms with Gasteiger partial charge >= 0.3 is 0 Å². The maximum Gasteiger partial charge on any atom is 0.115 e. The second kappa shape index (κ2) is 4.74. The molecule has 22 heavy (non-hydrogen) atoms. The van der Waals surface area contributed by atoms with Gasteiger partial charge in [0, 0.05) is 0 Å². The molecule has 0 radical (unpaired) electrons. The second-order valence-electron chi connectivity index (χ2n) is 8.18. The van der Waals surface area contributed by atoms with E-state index in [-0.39, 0.29) is 5.41 Å². The number of aromatic hydroxyl groups is 1. The van der Waals surface area contributed by atoms with E-state index in [1.165, 1.54) is 30.4 Å². The normalized spacial score (nSPS) is 43.3. The fraction of sp³-hybridized carbons (Fsp3) is 0.700. The lowest BCUT2D eigenvalue weighted by Crippen LogP contribution is -2.50. The Morgan fingerprint density at radius 3 is 2.77 bits per heavy atom. The third-order valence-corrected chi connectivity index (χ3v) is 7.62. The molecule has 2 nitrogen and oxygen atoms in total. The first kappa shape index (κ1) is 14.6. The lowest BCUT2D eigenvalue weighted by atomic mass is 9.53. The van der Waals surface area contributed by atoms with Crippen LogP contribution in [0.2, 0.25) is 0 Å². The molecule has 3 aliphatic rings. The molecule has 2 heteroatoms. The number of phenolic OH excluding ortho intramolecular Hbond substituents is 1. The summed E-state index contributed by atoms with van der Waals surface area (Å²) in [5.41, 5.74) is 2.49. The van der Waals surface area contributed by atoms with Gasteiger partial charge in [-0.1, -0.05) is 19.9 Å². The molecule has 0 spiro atoms. The summed E-state index contributed by atoms with van der Waals surface area (Å²) in [6.45, 7) is 4.51. The lowest BCUT2D eigenvalue weighted by molar-refractivity contribution is -0.104. The number of aryl methyl sites for hydroxylation is 1. The predicted molar refractivity (Wildman–Crippen MR) is 88.0 cm³/mol. The molecule has 2 N–H and O–H groups in total. The van der Waals surface area contributed by atoms with Gasteiger partial charge in [-0.2, -0.15) is 0 Å². The minimum Gasteiger partial charge on any atom is -0.508 e. The SMILES string of the molecule is CC[C@@]1(O)CC[C@H]2[C@@H]3CCc4cc(O)ccc4[C@@H]3CC[C@@]21C. The Morgan fingerprint density at radius 1 is 1.18 bits per heavy atom. The predicted octanol–water partition coefficient (Wildman–Crippen LogP) is 4.39. The Labute approximate surface area is 133 Å². The molecular formula is C20H28O2. The monoisotopic (exact) mass is 300 g/mol. The van der Waals surface area contributed by atoms with Crippen molar-refractivity contribution >= 4 is 0 Å². The van der Waals surface area contributed by atoms with Crippen molar-refractivity contribution in [3.63, 3.8) is 0 Å². The molecule has 4 rings (SSSR count). The maximum absolute atomic E-state index is 11.1. The van der Waals surface area contributed by atoms with E-state index in [2.05, 4.69) is 19.9 Å². The number of benzene rings is 1. The number of hydrogen-bond donors (Lipinski definition) is 2. The average Bonchev–Trinajstić information content (AvgIpc) is 2.79. The number of rotatable bonds is 1. The van der Waals surface area contributed by atoms with Crippen molar-refractivity contribution in [1.29, 1.82) is 0 Å². The summed E-state index contributed by atoms with van der Waals surface area (Å²) in [5, 5.41) is 20.9. The van der Waals surface area contributed by atoms with Gasteiger partial charge in [-0.05, 0) is 91.4 Å². The van der Waals surface area contributed by atoms with Crippen LogP contribution in [0.15, 0.2) is 18.2 Å². The van der Waals surface area contributed by atoms with Crippen LogP contribution >= 0.6 is 0 Å². The van der Waals surface area contributed by atoms with Crippen LogP contribution in [0.3, 0.4) is 0 Å². The molecule has 1 aromatic rings. The van der Waals surface area contributed by atoms with Crippen LogP contribution < -0.4 is 0 Å². The molecular weight excluding hydrogens is 272 g/mol. The smallest absolute Gasteiger partial charge is 0.115 e. The fourth-order valence-corrected chi connectivity index (χ4v) is 6.26. The summed E-state index contributed by atoms with van der Waals surface area (Å²) in [7, 11) is 0. The molecule has 0 unspecified atom stereocenters. The number of fused-ring (bicyclic) bond motifs is 5. The number of phenols is 1. The minimum atomic E-state index is -0.447. The Bertz CT molecular complexity index is 595. The van der Waals surface area contributed by atoms with Gasteiger partial charge in [0.05, 0.1) is 5.60 Å². The van der Waals surface area contributed by atoms with Crippen molar-refractivity contribution < 1.29 is 10.2 Å². The number of hydrogen-bond acceptors (Lipinski definition) is 2. The third kappa shape index (κ3) is 1.76. The van der Waals surface area contributed by atoms with Crippen LogP contribution in [0.4, 0.5) is 0 Å². The Kier molecular flexibility index (Phi) is 3.14. The quantitative estimate of drug-likeness (QED) is 0.807. The van der Waals surface area contributed by atoms with E-state index in [1.807, 2.05) is 12.1 Å². The van der Waals surface area contributed by atoms with Crippen molar-refractivity contribution in [2.45, 2.75) is 70.3 Å². The van der Waals surface area contributed by atoms with Crippen LogP contribution in [-0.4, -0.2) is 15.8 Å². The van der Waals surface area contributed by atoms with E-state index in [9.17, 15) is 10.2 Å². The van der Waals surface area contributed by atoms with E-state index in [0.717, 1.165) is 31.6 Å². The van der Waals surface area contributed by atoms with Gasteiger partial charge in [-0.15, -0.1) is 0 Å². The van der Waals surface area contributed by atoms with Gasteiger partial charge in [0.2, 0.25) is 0 Å². The molecule has 5 atom stereocenters. The maximum atomic E-state index is 11.1. The van der Waals surface area contributed by atoms with Gasteiger partial charge < -0.3 is 10.2 Å². The standard InChI is InChI=1S/C20H28O2/c1-3-20(22)11-9-18-17-6-4-13-12-14(21)5-7-15(13)16(17)8-10-19(18,20)2/h5,7,12,16-18,21-22H,3-4,6,8-11H2,1-2H3/t16-,17+,18-,19-,20+/m0/s1.